The van der Waals surface area contributed by atoms with Crippen LogP contribution in [0.5, 0.6) is 0 Å². The molecule has 36 heteroatoms. The van der Waals surface area contributed by atoms with Gasteiger partial charge >= 0.3 is 127 Å². The van der Waals surface area contributed by atoms with Crippen molar-refractivity contribution in [3.8, 4) is 0 Å². The first-order chi connectivity index (χ1) is 50.7. The number of alkyl halides is 4. The number of carbonyl (C=O) groups is 7. The zero-order valence-electron chi connectivity index (χ0n) is 63.4. The number of nitrogens with zero attached hydrogens (tertiary/aromatic N) is 7. The van der Waals surface area contributed by atoms with Gasteiger partial charge in [0.25, 0.3) is 0 Å². The molecule has 110 heavy (non-hydrogen) atoms. The Morgan fingerprint density at radius 2 is 0.764 bits per heavy atom. The molecule has 3 radical (unpaired) electrons. The van der Waals surface area contributed by atoms with Crippen LogP contribution in [0.1, 0.15) is 114 Å². The Bertz CT molecular complexity index is 3850. The zero-order chi connectivity index (χ0) is 78.8. The maximum atomic E-state index is 12.2. The third-order valence-corrected chi connectivity index (χ3v) is 17.3. The molecule has 6 aliphatic rings. The van der Waals surface area contributed by atoms with Gasteiger partial charge in [-0.1, -0.05) is 0 Å². The minimum absolute atomic E-state index is 0. The molecular weight excluding hydrogens is 1570 g/mol. The number of ether oxygens (including phenoxy) is 3. The third kappa shape index (κ3) is 35.2. The largest absolute Gasteiger partial charge is 1.00 e. The number of hydrogen-bond donors (Lipinski definition) is 8. The summed E-state index contributed by atoms with van der Waals surface area (Å²) in [4.78, 5) is 107. The molecule has 0 aromatic carbocycles. The number of hydrogen-bond acceptors (Lipinski definition) is 23. The molecule has 589 valence electrons. The first-order valence-corrected chi connectivity index (χ1v) is 37.1. The van der Waals surface area contributed by atoms with Crippen LogP contribution in [-0.4, -0.2) is 184 Å². The van der Waals surface area contributed by atoms with E-state index in [-0.39, 0.29) is 165 Å². The topological polar surface area (TPSA) is 463 Å². The monoisotopic (exact) mass is 1660 g/mol. The molecular formula is C74H93BCl4KN7NaO21S. The molecule has 0 amide bonds. The quantitative estimate of drug-likeness (QED) is 0.0156. The smallest absolute Gasteiger partial charge is 1.00 e. The first kappa shape index (κ1) is 106. The Morgan fingerprint density at radius 1 is 0.473 bits per heavy atom. The van der Waals surface area contributed by atoms with E-state index in [4.69, 9.17) is 109 Å². The Balaban J connectivity index is -0.00000119. The van der Waals surface area contributed by atoms with Crippen molar-refractivity contribution >= 4 is 107 Å². The van der Waals surface area contributed by atoms with Gasteiger partial charge in [0.15, 0.2) is 10.8 Å². The Labute approximate surface area is 728 Å². The van der Waals surface area contributed by atoms with Gasteiger partial charge in [0.05, 0.1) is 37.0 Å². The summed E-state index contributed by atoms with van der Waals surface area (Å²) < 4.78 is 46.7. The summed E-state index contributed by atoms with van der Waals surface area (Å²) in [5.74, 6) is -2.97. The minimum atomic E-state index is -4.67. The van der Waals surface area contributed by atoms with E-state index in [0.717, 1.165) is 83.8 Å². The van der Waals surface area contributed by atoms with Gasteiger partial charge in [-0.2, -0.15) is 8.42 Å². The molecule has 9 N–H and O–H groups in total. The molecule has 0 bridgehead atoms. The fraction of sp³-hybridized carbons (Fsp3) is 0.432. The second-order valence-electron chi connectivity index (χ2n) is 23.9. The number of rotatable bonds is 13. The molecule has 7 aromatic rings. The Hall–Kier alpha value is -5.89. The number of fused-ring (bicyclic) bond motifs is 6. The number of carboxylic acids is 3. The van der Waals surface area contributed by atoms with Gasteiger partial charge in [0, 0.05) is 146 Å². The molecule has 4 unspecified atom stereocenters. The van der Waals surface area contributed by atoms with Gasteiger partial charge < -0.3 is 56.5 Å². The van der Waals surface area contributed by atoms with Crippen molar-refractivity contribution < 1.29 is 184 Å². The summed E-state index contributed by atoms with van der Waals surface area (Å²) >= 11 is 20.8. The number of aromatic nitrogens is 7. The molecule has 0 saturated heterocycles. The first-order valence-electron chi connectivity index (χ1n) is 33.5. The van der Waals surface area contributed by atoms with Crippen LogP contribution < -0.4 is 80.9 Å². The number of esters is 3. The predicted molar refractivity (Wildman–Crippen MR) is 403 cm³/mol. The maximum Gasteiger partial charge on any atom is 1.00 e. The fourth-order valence-corrected chi connectivity index (χ4v) is 12.2. The number of carboxylic acid groups (broad SMARTS) is 3. The number of aldehydes is 1. The molecule has 0 fully saturated rings. The molecule has 6 aliphatic carbocycles. The summed E-state index contributed by atoms with van der Waals surface area (Å²) in [6, 6.07) is 13.3. The molecule has 7 aromatic heterocycles. The molecule has 0 spiro atoms. The van der Waals surface area contributed by atoms with Crippen molar-refractivity contribution in [2.45, 2.75) is 123 Å². The molecule has 0 aliphatic heterocycles. The van der Waals surface area contributed by atoms with Gasteiger partial charge in [0.2, 0.25) is 0 Å². The van der Waals surface area contributed by atoms with E-state index in [1.165, 1.54) is 39.6 Å². The van der Waals surface area contributed by atoms with Gasteiger partial charge in [-0.3, -0.25) is 72.8 Å². The van der Waals surface area contributed by atoms with E-state index in [9.17, 15) is 33.6 Å². The zero-order valence-corrected chi connectivity index (χ0v) is 71.4. The Morgan fingerprint density at radius 3 is 1.10 bits per heavy atom. The molecule has 13 rings (SSSR count). The van der Waals surface area contributed by atoms with Gasteiger partial charge in [-0.25, -0.2) is 0 Å². The number of aliphatic carboxylic acids is 3. The summed E-state index contributed by atoms with van der Waals surface area (Å²) in [5.41, 5.74) is 12.3. The van der Waals surface area contributed by atoms with Crippen molar-refractivity contribution in [1.82, 2.24) is 34.9 Å². The Kier molecular flexibility index (Phi) is 55.2. The van der Waals surface area contributed by atoms with Crippen LogP contribution >= 0.6 is 46.4 Å². The summed E-state index contributed by atoms with van der Waals surface area (Å²) in [7, 11) is -4.67. The van der Waals surface area contributed by atoms with E-state index in [2.05, 4.69) is 34.9 Å². The normalized spacial score (nSPS) is 15.9. The maximum absolute atomic E-state index is 12.2. The minimum Gasteiger partial charge on any atom is -1.00 e. The van der Waals surface area contributed by atoms with Crippen LogP contribution in [0.25, 0.3) is 0 Å². The third-order valence-electron chi connectivity index (χ3n) is 16.7. The van der Waals surface area contributed by atoms with E-state index in [0.29, 0.717) is 62.1 Å². The fourth-order valence-electron chi connectivity index (χ4n) is 11.7. The van der Waals surface area contributed by atoms with Crippen molar-refractivity contribution in [1.29, 1.82) is 0 Å². The van der Waals surface area contributed by atoms with Gasteiger partial charge in [-0.05, 0) is 225 Å². The molecule has 7 heterocycles. The van der Waals surface area contributed by atoms with Gasteiger partial charge in [-0.15, -0.1) is 46.4 Å². The van der Waals surface area contributed by atoms with Crippen LogP contribution in [0, 0.1) is 34.5 Å². The summed E-state index contributed by atoms with van der Waals surface area (Å²) in [5, 5.41) is 51.0. The van der Waals surface area contributed by atoms with Crippen LogP contribution in [0.3, 0.4) is 0 Å². The average Bonchev–Trinajstić information content (AvgIpc) is 1.62. The second-order valence-corrected chi connectivity index (χ2v) is 26.2. The summed E-state index contributed by atoms with van der Waals surface area (Å²) in [6.07, 6.45) is 32.7. The SMILES string of the molecule is CCO.CCO.CCOC(=O)C1(C(=O)OCC)Cc2ccncc2C1.CCOC(=O)C1Cc2ccncc2C1.ClCCl.ClCc1ccncc1CCl.O=C(O)C1(C(=O)O)Cc2ccncc2C1.O=C(O)C1Cc2ccncc2C1.O=CC1Cc2ccncc2C1.O=S(=O)(O)O.OCC1Cc2ccncc2C1.[B].[H-].[K+].[Na+].[OH-]. The van der Waals surface area contributed by atoms with Crippen LogP contribution in [0.2, 0.25) is 0 Å². The molecule has 28 nitrogen and oxygen atoms in total. The number of aliphatic hydroxyl groups excluding tert-OH is 3. The second kappa shape index (κ2) is 57.2. The van der Waals surface area contributed by atoms with Crippen LogP contribution in [0.4, 0.5) is 0 Å². The predicted octanol–water partition coefficient (Wildman–Crippen LogP) is 2.54. The van der Waals surface area contributed by atoms with Crippen molar-refractivity contribution in [2.75, 3.05) is 45.0 Å². The average molecular weight is 1660 g/mol. The summed E-state index contributed by atoms with van der Waals surface area (Å²) in [6.45, 7) is 10.4. The van der Waals surface area contributed by atoms with Crippen molar-refractivity contribution in [3.63, 3.8) is 0 Å². The van der Waals surface area contributed by atoms with Crippen molar-refractivity contribution in [3.05, 3.63) is 207 Å². The number of carbonyl (C=O) groups excluding carboxylic acids is 4. The van der Waals surface area contributed by atoms with E-state index >= 15 is 0 Å². The van der Waals surface area contributed by atoms with Crippen LogP contribution in [-0.2, 0) is 147 Å². The van der Waals surface area contributed by atoms with E-state index in [1.54, 1.807) is 89.5 Å². The molecule has 4 atom stereocenters. The van der Waals surface area contributed by atoms with Gasteiger partial charge in [0.1, 0.15) is 6.29 Å². The number of aliphatic hydroxyl groups is 3. The standard InChI is InChI=1S/C14H17NO4.C11H13NO2.C10H9NO4.C9H9NO2.C9H11NO.C9H9NO.C7H7Cl2N.2C2H6O.CH2Cl2.B.K.Na.H2O4S.H2O.H/c1-3-18-12(16)14(13(17)19-4-2)7-10-5-6-15-9-11(10)8-14;1-2-14-11(13)9-5-8-3-4-12-7-10(8)6-9;12-8(13)10(9(14)15)3-6-1-2-11-5-7(6)4-10;11-9(12)7-3-6-1-2-10-5-8(6)4-7;2*11-6-7-3-8-1-2-10-5-9(8)4-7;8-3-6-1-2-10-5-7(6)4-9;2*1-2-3;2-1-3;;;;1-5(2,3)4;;/h5-6,9H,3-4,7-8H2,1-2H3;3-4,7,9H,2,5-6H2,1H3;1-2,5H,3-4H2,(H,12,13)(H,14,15);1-2,5,7H,3-4H2,(H,11,12);1-2,5,7,11H,3-4,6H2;1-2,5-7H,3-4H2;1-2,5H,3-4H2;2*3H,2H2,1H3;1H2;;;;(H2,1,2,3,4);1H2;/q;;;;;;;;;;;2*+1;;;-1/p-1. The number of halogens is 4. The van der Waals surface area contributed by atoms with Crippen LogP contribution in [0.15, 0.2) is 129 Å². The molecule has 0 saturated carbocycles. The van der Waals surface area contributed by atoms with E-state index < -0.39 is 51.1 Å². The van der Waals surface area contributed by atoms with E-state index in [1.807, 2.05) is 68.1 Å². The number of pyridine rings is 7. The van der Waals surface area contributed by atoms with Crippen molar-refractivity contribution in [2.24, 2.45) is 34.5 Å².